The first kappa shape index (κ1) is 17.9. The highest BCUT2D eigenvalue weighted by molar-refractivity contribution is 5.41. The molecule has 0 aromatic carbocycles. The number of pyridine rings is 1. The second-order valence-electron chi connectivity index (χ2n) is 7.53. The fourth-order valence-corrected chi connectivity index (χ4v) is 4.08. The van der Waals surface area contributed by atoms with Crippen LogP contribution in [0, 0.1) is 6.92 Å². The number of likely N-dealkylation sites (tertiary alicyclic amines) is 1. The van der Waals surface area contributed by atoms with Gasteiger partial charge in [0.15, 0.2) is 11.8 Å². The Labute approximate surface area is 158 Å². The molecule has 0 radical (unpaired) electrons. The van der Waals surface area contributed by atoms with Crippen molar-refractivity contribution < 1.29 is 14.6 Å². The van der Waals surface area contributed by atoms with E-state index in [4.69, 9.17) is 4.42 Å². The van der Waals surface area contributed by atoms with E-state index in [1.807, 2.05) is 25.1 Å². The average Bonchev–Trinajstić information content (AvgIpc) is 3.20. The van der Waals surface area contributed by atoms with Crippen LogP contribution < -0.4 is 15.8 Å². The number of furan rings is 1. The molecule has 0 unspecified atom stereocenters. The standard InChI is InChI=1S/C21H26N4O2/c1-16-7-10-25-20(12-16)23-17(13-21(25)26)14-22-15-18(19-6-5-11-27-19)24-8-3-2-4-9-24/h5-7,10-13,18,22H,2-4,8-9,14-15H2,1H3/p+2/t18-/m0/s1. The second kappa shape index (κ2) is 8.06. The van der Waals surface area contributed by atoms with Crippen molar-refractivity contribution in [2.45, 2.75) is 38.8 Å². The third-order valence-electron chi connectivity index (χ3n) is 5.51. The number of hydrogen-bond donors (Lipinski definition) is 2. The molecule has 1 saturated heterocycles. The van der Waals surface area contributed by atoms with Gasteiger partial charge in [-0.05, 0) is 56.0 Å². The molecule has 4 rings (SSSR count). The molecule has 0 saturated carbocycles. The van der Waals surface area contributed by atoms with E-state index in [1.54, 1.807) is 27.8 Å². The zero-order valence-electron chi connectivity index (χ0n) is 15.9. The third kappa shape index (κ3) is 4.12. The van der Waals surface area contributed by atoms with Gasteiger partial charge in [0, 0.05) is 12.3 Å². The van der Waals surface area contributed by atoms with Crippen LogP contribution in [0.15, 0.2) is 52.0 Å². The van der Waals surface area contributed by atoms with Crippen molar-refractivity contribution in [3.63, 3.8) is 0 Å². The first-order chi connectivity index (χ1) is 13.2. The number of nitrogens with one attached hydrogen (secondary N) is 1. The molecule has 6 heteroatoms. The van der Waals surface area contributed by atoms with Gasteiger partial charge in [0.25, 0.3) is 5.56 Å². The molecule has 1 atom stereocenters. The van der Waals surface area contributed by atoms with Crippen LogP contribution in [-0.2, 0) is 6.54 Å². The van der Waals surface area contributed by atoms with E-state index < -0.39 is 0 Å². The van der Waals surface area contributed by atoms with Gasteiger partial charge in [-0.2, -0.15) is 0 Å². The molecule has 1 fully saturated rings. The molecular formula is C21H28N4O2+2. The SMILES string of the molecule is Cc1ccn2c(=O)cc(C[NH2+]C[C@@H](c3ccco3)[NH+]3CCCCC3)nc2c1. The summed E-state index contributed by atoms with van der Waals surface area (Å²) in [4.78, 5) is 18.6. The first-order valence-electron chi connectivity index (χ1n) is 9.89. The molecule has 3 aromatic heterocycles. The summed E-state index contributed by atoms with van der Waals surface area (Å²) < 4.78 is 7.33. The Kier molecular flexibility index (Phi) is 5.36. The van der Waals surface area contributed by atoms with Gasteiger partial charge in [-0.25, -0.2) is 4.98 Å². The fraction of sp³-hybridized carbons (Fsp3) is 0.429. The van der Waals surface area contributed by atoms with E-state index >= 15 is 0 Å². The number of fused-ring (bicyclic) bond motifs is 1. The second-order valence-corrected chi connectivity index (χ2v) is 7.53. The van der Waals surface area contributed by atoms with Gasteiger partial charge in [-0.3, -0.25) is 9.20 Å². The Morgan fingerprint density at radius 2 is 2.11 bits per heavy atom. The fourth-order valence-electron chi connectivity index (χ4n) is 4.08. The number of piperidine rings is 1. The number of aryl methyl sites for hydroxylation is 1. The van der Waals surface area contributed by atoms with Crippen LogP contribution in [-0.4, -0.2) is 29.0 Å². The minimum atomic E-state index is -0.0207. The summed E-state index contributed by atoms with van der Waals surface area (Å²) in [6, 6.07) is 9.94. The van der Waals surface area contributed by atoms with Gasteiger partial charge in [0.2, 0.25) is 0 Å². The Morgan fingerprint density at radius 3 is 2.89 bits per heavy atom. The quantitative estimate of drug-likeness (QED) is 0.665. The molecule has 3 N–H and O–H groups in total. The first-order valence-corrected chi connectivity index (χ1v) is 9.89. The Bertz CT molecular complexity index is 942. The number of rotatable bonds is 6. The smallest absolute Gasteiger partial charge is 0.258 e. The largest absolute Gasteiger partial charge is 0.463 e. The van der Waals surface area contributed by atoms with Crippen molar-refractivity contribution in [3.8, 4) is 0 Å². The van der Waals surface area contributed by atoms with E-state index in [0.717, 1.165) is 29.2 Å². The van der Waals surface area contributed by atoms with Gasteiger partial charge < -0.3 is 14.6 Å². The lowest BCUT2D eigenvalue weighted by atomic mass is 10.1. The van der Waals surface area contributed by atoms with Crippen molar-refractivity contribution in [1.82, 2.24) is 9.38 Å². The van der Waals surface area contributed by atoms with Crippen molar-refractivity contribution >= 4 is 5.65 Å². The molecule has 0 spiro atoms. The Hall–Kier alpha value is -2.44. The van der Waals surface area contributed by atoms with Crippen LogP contribution in [0.4, 0.5) is 0 Å². The summed E-state index contributed by atoms with van der Waals surface area (Å²) in [7, 11) is 0. The summed E-state index contributed by atoms with van der Waals surface area (Å²) in [6.45, 7) is 6.05. The number of nitrogens with zero attached hydrogens (tertiary/aromatic N) is 2. The number of quaternary nitrogens is 2. The zero-order valence-corrected chi connectivity index (χ0v) is 15.9. The molecule has 0 bridgehead atoms. The van der Waals surface area contributed by atoms with Gasteiger partial charge in [0.1, 0.15) is 24.4 Å². The molecule has 3 aromatic rings. The third-order valence-corrected chi connectivity index (χ3v) is 5.51. The van der Waals surface area contributed by atoms with Gasteiger partial charge in [-0.1, -0.05) is 0 Å². The highest BCUT2D eigenvalue weighted by Gasteiger charge is 2.29. The van der Waals surface area contributed by atoms with Crippen LogP contribution in [0.2, 0.25) is 0 Å². The van der Waals surface area contributed by atoms with E-state index in [1.165, 1.54) is 32.4 Å². The molecule has 0 amide bonds. The number of hydrogen-bond acceptors (Lipinski definition) is 3. The molecule has 0 aliphatic carbocycles. The summed E-state index contributed by atoms with van der Waals surface area (Å²) in [5, 5.41) is 2.25. The average molecular weight is 368 g/mol. The van der Waals surface area contributed by atoms with E-state index in [2.05, 4.69) is 16.4 Å². The molecule has 1 aliphatic heterocycles. The van der Waals surface area contributed by atoms with Crippen LogP contribution >= 0.6 is 0 Å². The van der Waals surface area contributed by atoms with E-state index in [0.29, 0.717) is 12.6 Å². The monoisotopic (exact) mass is 368 g/mol. The van der Waals surface area contributed by atoms with Crippen molar-refractivity contribution in [2.75, 3.05) is 19.6 Å². The van der Waals surface area contributed by atoms with E-state index in [9.17, 15) is 4.79 Å². The maximum absolute atomic E-state index is 12.3. The van der Waals surface area contributed by atoms with Gasteiger partial charge in [-0.15, -0.1) is 0 Å². The van der Waals surface area contributed by atoms with Crippen molar-refractivity contribution in [3.05, 3.63) is 70.2 Å². The maximum Gasteiger partial charge on any atom is 0.258 e. The summed E-state index contributed by atoms with van der Waals surface area (Å²) >= 11 is 0. The summed E-state index contributed by atoms with van der Waals surface area (Å²) in [6.07, 6.45) is 7.46. The lowest BCUT2D eigenvalue weighted by Crippen LogP contribution is -3.15. The summed E-state index contributed by atoms with van der Waals surface area (Å²) in [5.41, 5.74) is 2.63. The molecular weight excluding hydrogens is 340 g/mol. The van der Waals surface area contributed by atoms with Gasteiger partial charge in [0.05, 0.1) is 19.4 Å². The van der Waals surface area contributed by atoms with Crippen molar-refractivity contribution in [2.24, 2.45) is 0 Å². The number of aromatic nitrogens is 2. The van der Waals surface area contributed by atoms with Crippen LogP contribution in [0.1, 0.15) is 42.3 Å². The van der Waals surface area contributed by atoms with Crippen LogP contribution in [0.3, 0.4) is 0 Å². The highest BCUT2D eigenvalue weighted by Crippen LogP contribution is 2.10. The Morgan fingerprint density at radius 1 is 1.26 bits per heavy atom. The topological polar surface area (TPSA) is 68.6 Å². The molecule has 142 valence electrons. The zero-order chi connectivity index (χ0) is 18.6. The maximum atomic E-state index is 12.3. The normalized spacial score (nSPS) is 16.6. The molecule has 1 aliphatic rings. The predicted octanol–water partition coefficient (Wildman–Crippen LogP) is 0.469. The lowest BCUT2D eigenvalue weighted by Gasteiger charge is -2.29. The van der Waals surface area contributed by atoms with Crippen LogP contribution in [0.5, 0.6) is 0 Å². The van der Waals surface area contributed by atoms with Crippen molar-refractivity contribution in [1.29, 1.82) is 0 Å². The number of nitrogens with two attached hydrogens (primary N) is 1. The Balaban J connectivity index is 1.47. The molecule has 6 nitrogen and oxygen atoms in total. The lowest BCUT2D eigenvalue weighted by molar-refractivity contribution is -0.951. The summed E-state index contributed by atoms with van der Waals surface area (Å²) in [5.74, 6) is 1.06. The molecule has 27 heavy (non-hydrogen) atoms. The van der Waals surface area contributed by atoms with Crippen LogP contribution in [0.25, 0.3) is 5.65 Å². The minimum absolute atomic E-state index is 0.0207. The molecule has 4 heterocycles. The minimum Gasteiger partial charge on any atom is -0.463 e. The van der Waals surface area contributed by atoms with E-state index in [-0.39, 0.29) is 5.56 Å². The highest BCUT2D eigenvalue weighted by atomic mass is 16.3. The van der Waals surface area contributed by atoms with Gasteiger partial charge >= 0.3 is 0 Å². The predicted molar refractivity (Wildman–Crippen MR) is 103 cm³/mol.